The van der Waals surface area contributed by atoms with Crippen molar-refractivity contribution in [3.63, 3.8) is 0 Å². The number of nitro benzene ring substituents is 1. The van der Waals surface area contributed by atoms with Crippen molar-refractivity contribution >= 4 is 40.4 Å². The number of benzene rings is 2. The first-order valence-corrected chi connectivity index (χ1v) is 14.5. The number of carbonyl (C=O) groups is 3. The largest absolute Gasteiger partial charge is 0.465 e. The number of halogens is 1. The Morgan fingerprint density at radius 3 is 2.37 bits per heavy atom. The normalized spacial score (nSPS) is 20.1. The minimum absolute atomic E-state index is 0.00608. The summed E-state index contributed by atoms with van der Waals surface area (Å²) in [5.74, 6) is -6.24. The molecule has 0 amide bonds. The number of non-ortho nitro benzene ring substituents is 1. The first-order chi connectivity index (χ1) is 20.7. The highest BCUT2D eigenvalue weighted by Gasteiger charge is 2.52. The van der Waals surface area contributed by atoms with E-state index in [1.807, 2.05) is 11.4 Å². The van der Waals surface area contributed by atoms with Crippen LogP contribution in [0.5, 0.6) is 0 Å². The van der Waals surface area contributed by atoms with Crippen molar-refractivity contribution in [3.05, 3.63) is 115 Å². The Hall–Kier alpha value is -4.84. The molecule has 2 heterocycles. The molecule has 1 aromatic heterocycles. The Morgan fingerprint density at radius 1 is 1.07 bits per heavy atom. The van der Waals surface area contributed by atoms with E-state index in [0.29, 0.717) is 11.4 Å². The van der Waals surface area contributed by atoms with Crippen molar-refractivity contribution in [2.24, 2.45) is 11.7 Å². The number of ketones is 1. The molecule has 0 radical (unpaired) electrons. The molecule has 3 atom stereocenters. The van der Waals surface area contributed by atoms with Crippen LogP contribution in [0.15, 0.2) is 88.7 Å². The summed E-state index contributed by atoms with van der Waals surface area (Å²) in [5.41, 5.74) is 7.06. The predicted molar refractivity (Wildman–Crippen MR) is 156 cm³/mol. The van der Waals surface area contributed by atoms with Crippen molar-refractivity contribution < 1.29 is 33.2 Å². The molecule has 10 nitrogen and oxygen atoms in total. The van der Waals surface area contributed by atoms with Gasteiger partial charge in [0.05, 0.1) is 29.6 Å². The zero-order valence-electron chi connectivity index (χ0n) is 23.3. The number of hydrogen-bond acceptors (Lipinski definition) is 10. The number of nitro groups is 1. The fourth-order valence-electron chi connectivity index (χ4n) is 5.75. The number of rotatable bonds is 8. The van der Waals surface area contributed by atoms with Crippen LogP contribution < -0.4 is 10.6 Å². The van der Waals surface area contributed by atoms with Crippen molar-refractivity contribution in [1.29, 1.82) is 0 Å². The molecule has 0 saturated heterocycles. The maximum Gasteiger partial charge on any atom is 0.338 e. The molecule has 2 N–H and O–H groups in total. The van der Waals surface area contributed by atoms with E-state index in [1.165, 1.54) is 58.7 Å². The van der Waals surface area contributed by atoms with Gasteiger partial charge in [-0.2, -0.15) is 0 Å². The zero-order valence-corrected chi connectivity index (χ0v) is 24.1. The molecule has 2 aromatic carbocycles. The Kier molecular flexibility index (Phi) is 8.40. The maximum absolute atomic E-state index is 15.5. The van der Waals surface area contributed by atoms with Crippen molar-refractivity contribution in [2.45, 2.75) is 32.1 Å². The van der Waals surface area contributed by atoms with Gasteiger partial charge in [-0.25, -0.2) is 9.18 Å². The van der Waals surface area contributed by atoms with Gasteiger partial charge in [0.1, 0.15) is 17.6 Å². The molecule has 3 aromatic rings. The highest BCUT2D eigenvalue weighted by atomic mass is 32.1. The van der Waals surface area contributed by atoms with Gasteiger partial charge < -0.3 is 15.2 Å². The summed E-state index contributed by atoms with van der Waals surface area (Å²) < 4.78 is 26.2. The van der Waals surface area contributed by atoms with Crippen LogP contribution >= 0.6 is 11.3 Å². The molecule has 0 unspecified atom stereocenters. The van der Waals surface area contributed by atoms with Crippen LogP contribution in [0, 0.1) is 21.8 Å². The quantitative estimate of drug-likeness (QED) is 0.156. The summed E-state index contributed by atoms with van der Waals surface area (Å²) in [4.78, 5) is 54.6. The molecule has 222 valence electrons. The first kappa shape index (κ1) is 29.6. The third-order valence-electron chi connectivity index (χ3n) is 7.52. The molecule has 0 bridgehead atoms. The number of hydrogen-bond donors (Lipinski definition) is 1. The van der Waals surface area contributed by atoms with Crippen LogP contribution in [-0.2, 0) is 23.9 Å². The number of allylic oxidation sites excluding steroid dienone is 2. The molecule has 0 spiro atoms. The van der Waals surface area contributed by atoms with Crippen LogP contribution in [0.25, 0.3) is 0 Å². The number of carbonyl (C=O) groups excluding carboxylic acids is 3. The molecule has 5 rings (SSSR count). The zero-order chi connectivity index (χ0) is 30.8. The standard InChI is InChI=1S/C31H28FN3O7S/c1-3-41-30(37)25-20(23-10-7-15-43-23)16-22-26(28(25)36)24(19-8-5-6-9-21(19)32)27(31(38)42-4-2)29(33)34(22)17-11-13-18(14-12-17)35(39)40/h5-15,20,24-25H,3-4,16,33H2,1-2H3/t20-,24+,25-/m1/s1. The van der Waals surface area contributed by atoms with Crippen LogP contribution in [0.4, 0.5) is 15.8 Å². The van der Waals surface area contributed by atoms with Gasteiger partial charge in [-0.3, -0.25) is 24.6 Å². The van der Waals surface area contributed by atoms with Gasteiger partial charge in [0.2, 0.25) is 0 Å². The molecule has 0 saturated carbocycles. The monoisotopic (exact) mass is 605 g/mol. The Bertz CT molecular complexity index is 1650. The van der Waals surface area contributed by atoms with E-state index >= 15 is 4.39 Å². The third-order valence-corrected chi connectivity index (χ3v) is 8.52. The van der Waals surface area contributed by atoms with Crippen molar-refractivity contribution in [2.75, 3.05) is 18.1 Å². The number of thiophene rings is 1. The van der Waals surface area contributed by atoms with Crippen LogP contribution in [0.3, 0.4) is 0 Å². The van der Waals surface area contributed by atoms with Crippen molar-refractivity contribution in [1.82, 2.24) is 0 Å². The molecule has 2 aliphatic rings. The highest BCUT2D eigenvalue weighted by Crippen LogP contribution is 2.52. The second-order valence-electron chi connectivity index (χ2n) is 9.86. The first-order valence-electron chi connectivity index (χ1n) is 13.6. The topological polar surface area (TPSA) is 142 Å². The van der Waals surface area contributed by atoms with Gasteiger partial charge in [0, 0.05) is 45.4 Å². The van der Waals surface area contributed by atoms with Gasteiger partial charge in [0.25, 0.3) is 5.69 Å². The lowest BCUT2D eigenvalue weighted by Gasteiger charge is -2.43. The summed E-state index contributed by atoms with van der Waals surface area (Å²) in [6.07, 6.45) is 0.101. The predicted octanol–water partition coefficient (Wildman–Crippen LogP) is 5.32. The van der Waals surface area contributed by atoms with Gasteiger partial charge in [-0.1, -0.05) is 24.3 Å². The number of nitrogens with zero attached hydrogens (tertiary/aromatic N) is 2. The van der Waals surface area contributed by atoms with E-state index in [1.54, 1.807) is 26.0 Å². The Morgan fingerprint density at radius 2 is 1.77 bits per heavy atom. The van der Waals surface area contributed by atoms with Gasteiger partial charge in [-0.05, 0) is 49.9 Å². The van der Waals surface area contributed by atoms with Crippen LogP contribution in [0.1, 0.15) is 42.5 Å². The van der Waals surface area contributed by atoms with Crippen LogP contribution in [0.2, 0.25) is 0 Å². The number of anilines is 1. The Balaban J connectivity index is 1.82. The summed E-state index contributed by atoms with van der Waals surface area (Å²) in [6.45, 7) is 3.25. The van der Waals surface area contributed by atoms with Crippen LogP contribution in [-0.4, -0.2) is 35.9 Å². The highest BCUT2D eigenvalue weighted by molar-refractivity contribution is 7.10. The molecule has 43 heavy (non-hydrogen) atoms. The van der Waals surface area contributed by atoms with E-state index < -0.39 is 46.2 Å². The second kappa shape index (κ2) is 12.2. The van der Waals surface area contributed by atoms with E-state index in [9.17, 15) is 24.5 Å². The molecule has 1 aliphatic heterocycles. The average Bonchev–Trinajstić information content (AvgIpc) is 3.52. The lowest BCUT2D eigenvalue weighted by Crippen LogP contribution is -2.46. The summed E-state index contributed by atoms with van der Waals surface area (Å²) in [5, 5.41) is 13.2. The molecule has 1 aliphatic carbocycles. The lowest BCUT2D eigenvalue weighted by atomic mass is 9.68. The minimum atomic E-state index is -1.29. The number of esters is 2. The molecular weight excluding hydrogens is 577 g/mol. The summed E-state index contributed by atoms with van der Waals surface area (Å²) in [7, 11) is 0. The van der Waals surface area contributed by atoms with E-state index in [0.717, 1.165) is 4.88 Å². The third kappa shape index (κ3) is 5.29. The van der Waals surface area contributed by atoms with Crippen molar-refractivity contribution in [3.8, 4) is 0 Å². The minimum Gasteiger partial charge on any atom is -0.465 e. The number of ether oxygens (including phenoxy) is 2. The lowest BCUT2D eigenvalue weighted by molar-refractivity contribution is -0.384. The summed E-state index contributed by atoms with van der Waals surface area (Å²) >= 11 is 1.37. The smallest absolute Gasteiger partial charge is 0.338 e. The van der Waals surface area contributed by atoms with E-state index in [4.69, 9.17) is 15.2 Å². The molecular formula is C31H28FN3O7S. The summed E-state index contributed by atoms with van der Waals surface area (Å²) in [6, 6.07) is 14.8. The molecule has 12 heteroatoms. The fraction of sp³-hybridized carbons (Fsp3) is 0.258. The van der Waals surface area contributed by atoms with E-state index in [-0.39, 0.29) is 47.9 Å². The van der Waals surface area contributed by atoms with Gasteiger partial charge >= 0.3 is 11.9 Å². The Labute approximate surface area is 250 Å². The number of nitrogens with two attached hydrogens (primary N) is 1. The average molecular weight is 606 g/mol. The fourth-order valence-corrected chi connectivity index (χ4v) is 6.61. The molecule has 0 fully saturated rings. The second-order valence-corrected chi connectivity index (χ2v) is 10.8. The number of Topliss-reactive ketones (excluding diaryl/α,β-unsaturated/α-hetero) is 1. The van der Waals surface area contributed by atoms with Gasteiger partial charge in [0.15, 0.2) is 5.78 Å². The van der Waals surface area contributed by atoms with E-state index in [2.05, 4.69) is 0 Å². The SMILES string of the molecule is CCOC(=O)C1=C(N)N(c2ccc([N+](=O)[O-])cc2)C2=C(C(=O)[C@H](C(=O)OCC)[C@@H](c3cccs3)C2)[C@@H]1c1ccccc1F. The maximum atomic E-state index is 15.5. The van der Waals surface area contributed by atoms with Gasteiger partial charge in [-0.15, -0.1) is 11.3 Å².